The quantitative estimate of drug-likeness (QED) is 0.335. The lowest BCUT2D eigenvalue weighted by atomic mass is 10.1. The minimum absolute atomic E-state index is 0.0215. The van der Waals surface area contributed by atoms with Crippen molar-refractivity contribution in [1.29, 1.82) is 0 Å². The first-order valence-electron chi connectivity index (χ1n) is 10.2. The summed E-state index contributed by atoms with van der Waals surface area (Å²) < 4.78 is 42.3. The summed E-state index contributed by atoms with van der Waals surface area (Å²) in [5.74, 6) is -0.860. The van der Waals surface area contributed by atoms with E-state index in [4.69, 9.17) is 13.9 Å². The first kappa shape index (κ1) is 24.7. The molecule has 2 aromatic rings. The fourth-order valence-electron chi connectivity index (χ4n) is 2.85. The molecule has 12 heteroatoms. The van der Waals surface area contributed by atoms with Gasteiger partial charge in [0.15, 0.2) is 0 Å². The fraction of sp³-hybridized carbons (Fsp3) is 0.227. The largest absolute Gasteiger partial charge is 0.468 e. The van der Waals surface area contributed by atoms with E-state index in [2.05, 4.69) is 15.4 Å². The highest BCUT2D eigenvalue weighted by Crippen LogP contribution is 2.13. The zero-order valence-electron chi connectivity index (χ0n) is 18.2. The lowest BCUT2D eigenvalue weighted by Gasteiger charge is -2.20. The SMILES string of the molecule is CCOC(=O)C1=C(COC(=O)/C=C/c2ccc(S(=O)(=O)NCc3ccco3)cc2)NC(=O)NC1. The van der Waals surface area contributed by atoms with Crippen molar-refractivity contribution in [3.63, 3.8) is 0 Å². The van der Waals surface area contributed by atoms with Crippen LogP contribution in [0.1, 0.15) is 18.2 Å². The van der Waals surface area contributed by atoms with Gasteiger partial charge in [0.2, 0.25) is 10.0 Å². The molecule has 1 aliphatic heterocycles. The third-order valence-corrected chi connectivity index (χ3v) is 5.97. The number of urea groups is 1. The maximum Gasteiger partial charge on any atom is 0.337 e. The van der Waals surface area contributed by atoms with Crippen LogP contribution in [0.3, 0.4) is 0 Å². The van der Waals surface area contributed by atoms with Gasteiger partial charge in [-0.2, -0.15) is 0 Å². The van der Waals surface area contributed by atoms with Crippen molar-refractivity contribution >= 4 is 34.1 Å². The lowest BCUT2D eigenvalue weighted by molar-refractivity contribution is -0.140. The topological polar surface area (TPSA) is 153 Å². The summed E-state index contributed by atoms with van der Waals surface area (Å²) in [6, 6.07) is 8.65. The highest BCUT2D eigenvalue weighted by molar-refractivity contribution is 7.89. The van der Waals surface area contributed by atoms with Gasteiger partial charge in [-0.3, -0.25) is 0 Å². The molecule has 2 amide bonds. The third-order valence-electron chi connectivity index (χ3n) is 4.55. The molecule has 0 saturated heterocycles. The van der Waals surface area contributed by atoms with Crippen molar-refractivity contribution in [1.82, 2.24) is 15.4 Å². The van der Waals surface area contributed by atoms with E-state index >= 15 is 0 Å². The van der Waals surface area contributed by atoms with Crippen LogP contribution in [0.4, 0.5) is 4.79 Å². The number of furan rings is 1. The summed E-state index contributed by atoms with van der Waals surface area (Å²) in [6.07, 6.45) is 4.04. The summed E-state index contributed by atoms with van der Waals surface area (Å²) in [7, 11) is -3.73. The Bertz CT molecular complexity index is 1200. The van der Waals surface area contributed by atoms with Gasteiger partial charge in [0.1, 0.15) is 12.4 Å². The maximum absolute atomic E-state index is 12.4. The third kappa shape index (κ3) is 6.80. The van der Waals surface area contributed by atoms with Crippen LogP contribution in [0.2, 0.25) is 0 Å². The molecule has 0 saturated carbocycles. The first-order chi connectivity index (χ1) is 16.3. The Kier molecular flexibility index (Phi) is 8.22. The molecule has 11 nitrogen and oxygen atoms in total. The summed E-state index contributed by atoms with van der Waals surface area (Å²) in [4.78, 5) is 35.7. The highest BCUT2D eigenvalue weighted by Gasteiger charge is 2.24. The minimum Gasteiger partial charge on any atom is -0.468 e. The molecule has 0 bridgehead atoms. The number of nitrogens with one attached hydrogen (secondary N) is 3. The number of amides is 2. The molecular weight excluding hydrogens is 466 g/mol. The second-order valence-electron chi connectivity index (χ2n) is 6.90. The molecule has 0 unspecified atom stereocenters. The number of hydrogen-bond acceptors (Lipinski definition) is 8. The molecule has 34 heavy (non-hydrogen) atoms. The van der Waals surface area contributed by atoms with Crippen molar-refractivity contribution in [3.05, 3.63) is 71.3 Å². The van der Waals surface area contributed by atoms with Crippen LogP contribution >= 0.6 is 0 Å². The molecular formula is C22H23N3O8S. The van der Waals surface area contributed by atoms with E-state index in [1.54, 1.807) is 19.1 Å². The van der Waals surface area contributed by atoms with Gasteiger partial charge in [-0.05, 0) is 42.8 Å². The van der Waals surface area contributed by atoms with Crippen molar-refractivity contribution in [2.75, 3.05) is 19.8 Å². The van der Waals surface area contributed by atoms with Crippen LogP contribution in [-0.4, -0.2) is 46.1 Å². The Hall–Kier alpha value is -3.90. The van der Waals surface area contributed by atoms with Crippen LogP contribution in [-0.2, 0) is 35.6 Å². The Morgan fingerprint density at radius 3 is 2.62 bits per heavy atom. The van der Waals surface area contributed by atoms with Gasteiger partial charge in [0, 0.05) is 6.08 Å². The molecule has 1 aliphatic rings. The predicted octanol–water partition coefficient (Wildman–Crippen LogP) is 1.44. The van der Waals surface area contributed by atoms with Gasteiger partial charge in [-0.15, -0.1) is 0 Å². The van der Waals surface area contributed by atoms with E-state index in [1.165, 1.54) is 36.6 Å². The van der Waals surface area contributed by atoms with Crippen LogP contribution in [0.15, 0.2) is 69.3 Å². The average molecular weight is 490 g/mol. The molecule has 0 atom stereocenters. The van der Waals surface area contributed by atoms with E-state index < -0.39 is 28.0 Å². The number of benzene rings is 1. The maximum atomic E-state index is 12.4. The second-order valence-corrected chi connectivity index (χ2v) is 8.67. The molecule has 180 valence electrons. The molecule has 1 aromatic heterocycles. The molecule has 0 aliphatic carbocycles. The Labute approximate surface area is 195 Å². The van der Waals surface area contributed by atoms with Gasteiger partial charge >= 0.3 is 18.0 Å². The highest BCUT2D eigenvalue weighted by atomic mass is 32.2. The monoisotopic (exact) mass is 489 g/mol. The average Bonchev–Trinajstić information content (AvgIpc) is 3.34. The van der Waals surface area contributed by atoms with Crippen molar-refractivity contribution in [2.45, 2.75) is 18.4 Å². The van der Waals surface area contributed by atoms with Crippen LogP contribution in [0.5, 0.6) is 0 Å². The number of rotatable bonds is 10. The number of carbonyl (C=O) groups is 3. The summed E-state index contributed by atoms with van der Waals surface area (Å²) in [5.41, 5.74) is 0.861. The zero-order valence-corrected chi connectivity index (χ0v) is 19.0. The smallest absolute Gasteiger partial charge is 0.337 e. The normalized spacial score (nSPS) is 14.0. The molecule has 0 spiro atoms. The fourth-order valence-corrected chi connectivity index (χ4v) is 3.84. The zero-order chi connectivity index (χ0) is 24.6. The van der Waals surface area contributed by atoms with Gasteiger partial charge in [-0.25, -0.2) is 27.5 Å². The number of ether oxygens (including phenoxy) is 2. The van der Waals surface area contributed by atoms with E-state index in [9.17, 15) is 22.8 Å². The predicted molar refractivity (Wildman–Crippen MR) is 119 cm³/mol. The van der Waals surface area contributed by atoms with E-state index in [0.717, 1.165) is 6.08 Å². The van der Waals surface area contributed by atoms with Crippen LogP contribution in [0.25, 0.3) is 6.08 Å². The number of carbonyl (C=O) groups excluding carboxylic acids is 3. The lowest BCUT2D eigenvalue weighted by Crippen LogP contribution is -2.45. The van der Waals surface area contributed by atoms with Crippen molar-refractivity contribution in [2.24, 2.45) is 0 Å². The Balaban J connectivity index is 1.57. The van der Waals surface area contributed by atoms with Gasteiger partial charge < -0.3 is 24.5 Å². The van der Waals surface area contributed by atoms with Crippen molar-refractivity contribution < 1.29 is 36.7 Å². The van der Waals surface area contributed by atoms with Gasteiger partial charge in [-0.1, -0.05) is 12.1 Å². The van der Waals surface area contributed by atoms with Crippen molar-refractivity contribution in [3.8, 4) is 0 Å². The summed E-state index contributed by atoms with van der Waals surface area (Å²) in [5, 5.41) is 4.88. The molecule has 2 heterocycles. The molecule has 0 radical (unpaired) electrons. The minimum atomic E-state index is -3.73. The van der Waals surface area contributed by atoms with E-state index in [-0.39, 0.29) is 42.5 Å². The second kappa shape index (κ2) is 11.3. The first-order valence-corrected chi connectivity index (χ1v) is 11.7. The Morgan fingerprint density at radius 2 is 1.94 bits per heavy atom. The number of hydrogen-bond donors (Lipinski definition) is 3. The Morgan fingerprint density at radius 1 is 1.18 bits per heavy atom. The molecule has 3 rings (SSSR count). The van der Waals surface area contributed by atoms with E-state index in [1.807, 2.05) is 0 Å². The van der Waals surface area contributed by atoms with Gasteiger partial charge in [0.05, 0.1) is 42.1 Å². The summed E-state index contributed by atoms with van der Waals surface area (Å²) >= 11 is 0. The van der Waals surface area contributed by atoms with Crippen LogP contribution in [0, 0.1) is 0 Å². The van der Waals surface area contributed by atoms with Gasteiger partial charge in [0.25, 0.3) is 0 Å². The molecule has 3 N–H and O–H groups in total. The molecule has 0 fully saturated rings. The van der Waals surface area contributed by atoms with E-state index in [0.29, 0.717) is 11.3 Å². The standard InChI is InChI=1S/C22H23N3O8S/c1-2-31-21(27)18-13-23-22(28)25-19(18)14-33-20(26)10-7-15-5-8-17(9-6-15)34(29,30)24-12-16-4-3-11-32-16/h3-11,24H,2,12-14H2,1H3,(H2,23,25,28)/b10-7+. The number of esters is 2. The number of sulfonamides is 1. The summed E-state index contributed by atoms with van der Waals surface area (Å²) in [6.45, 7) is 1.46. The molecule has 1 aromatic carbocycles. The van der Waals surface area contributed by atoms with Crippen LogP contribution < -0.4 is 15.4 Å².